The second-order valence-electron chi connectivity index (χ2n) is 12.4. The summed E-state index contributed by atoms with van der Waals surface area (Å²) in [7, 11) is 0. The number of carbonyl (C=O) groups excluding carboxylic acids is 1. The summed E-state index contributed by atoms with van der Waals surface area (Å²) >= 11 is 0. The number of anilines is 1. The Morgan fingerprint density at radius 3 is 2.38 bits per heavy atom. The molecule has 0 radical (unpaired) electrons. The van der Waals surface area contributed by atoms with Crippen LogP contribution in [0.3, 0.4) is 0 Å². The van der Waals surface area contributed by atoms with Crippen molar-refractivity contribution >= 4 is 22.7 Å². The minimum atomic E-state index is -4.67. The third kappa shape index (κ3) is 4.53. The van der Waals surface area contributed by atoms with Crippen molar-refractivity contribution in [1.82, 2.24) is 20.1 Å². The number of amides is 1. The Kier molecular flexibility index (Phi) is 6.26. The highest BCUT2D eigenvalue weighted by molar-refractivity contribution is 5.94. The van der Waals surface area contributed by atoms with Gasteiger partial charge in [0.15, 0.2) is 0 Å². The number of alkyl halides is 6. The lowest BCUT2D eigenvalue weighted by Gasteiger charge is -2.32. The molecule has 2 atom stereocenters. The van der Waals surface area contributed by atoms with E-state index in [1.807, 2.05) is 0 Å². The molecule has 3 aliphatic rings. The lowest BCUT2D eigenvalue weighted by molar-refractivity contribution is -0.187. The third-order valence-corrected chi connectivity index (χ3v) is 8.60. The van der Waals surface area contributed by atoms with Crippen molar-refractivity contribution in [3.05, 3.63) is 47.8 Å². The summed E-state index contributed by atoms with van der Waals surface area (Å²) in [5.41, 5.74) is -5.38. The summed E-state index contributed by atoms with van der Waals surface area (Å²) in [6.45, 7) is 5.46. The van der Waals surface area contributed by atoms with Gasteiger partial charge < -0.3 is 19.0 Å². The van der Waals surface area contributed by atoms with Gasteiger partial charge in [0.2, 0.25) is 11.8 Å². The van der Waals surface area contributed by atoms with Gasteiger partial charge in [-0.25, -0.2) is 4.79 Å². The summed E-state index contributed by atoms with van der Waals surface area (Å²) in [4.78, 5) is 19.3. The molecule has 2 aromatic heterocycles. The number of aromatic nitrogens is 3. The lowest BCUT2D eigenvalue weighted by atomic mass is 9.95. The SMILES string of the molecule is CC(C)(C)OC(=O)N1CCC(c2nnc([C@]34CN(c5ccc(C(F)(F)F)c6ncccc56)C[C@@]3(C(F)(F)F)C4)o2)CC1. The first-order chi connectivity index (χ1) is 19.5. The summed E-state index contributed by atoms with van der Waals surface area (Å²) in [5.74, 6) is -0.141. The summed E-state index contributed by atoms with van der Waals surface area (Å²) < 4.78 is 96.1. The van der Waals surface area contributed by atoms with Gasteiger partial charge in [-0.2, -0.15) is 26.3 Å². The maximum absolute atomic E-state index is 14.6. The van der Waals surface area contributed by atoms with E-state index in [0.29, 0.717) is 25.9 Å². The van der Waals surface area contributed by atoms with Crippen LogP contribution in [0.25, 0.3) is 10.9 Å². The van der Waals surface area contributed by atoms with Gasteiger partial charge in [0.1, 0.15) is 11.0 Å². The van der Waals surface area contributed by atoms with Crippen LogP contribution in [0.1, 0.15) is 63.3 Å². The van der Waals surface area contributed by atoms with Gasteiger partial charge in [-0.1, -0.05) is 0 Å². The second kappa shape index (κ2) is 9.21. The fraction of sp³-hybridized carbons (Fsp3) is 0.571. The minimum Gasteiger partial charge on any atom is -0.444 e. The van der Waals surface area contributed by atoms with E-state index in [-0.39, 0.29) is 47.3 Å². The molecule has 2 aliphatic heterocycles. The number of hydrogen-bond donors (Lipinski definition) is 0. The molecule has 3 aromatic rings. The van der Waals surface area contributed by atoms with Crippen molar-refractivity contribution in [3.63, 3.8) is 0 Å². The third-order valence-electron chi connectivity index (χ3n) is 8.60. The Morgan fingerprint density at radius 2 is 1.74 bits per heavy atom. The minimum absolute atomic E-state index is 0.115. The second-order valence-corrected chi connectivity index (χ2v) is 12.4. The van der Waals surface area contributed by atoms with Gasteiger partial charge in [-0.15, -0.1) is 10.2 Å². The van der Waals surface area contributed by atoms with Crippen molar-refractivity contribution in [2.75, 3.05) is 31.1 Å². The average molecular weight is 598 g/mol. The smallest absolute Gasteiger partial charge is 0.418 e. The van der Waals surface area contributed by atoms with Crippen molar-refractivity contribution in [3.8, 4) is 0 Å². The van der Waals surface area contributed by atoms with E-state index in [2.05, 4.69) is 15.2 Å². The fourth-order valence-electron chi connectivity index (χ4n) is 6.46. The van der Waals surface area contributed by atoms with Gasteiger partial charge in [0, 0.05) is 49.4 Å². The van der Waals surface area contributed by atoms with Crippen LogP contribution in [0, 0.1) is 5.41 Å². The first kappa shape index (κ1) is 28.5. The number of pyridine rings is 1. The van der Waals surface area contributed by atoms with Gasteiger partial charge in [-0.05, 0) is 64.3 Å². The first-order valence-corrected chi connectivity index (χ1v) is 13.6. The zero-order valence-corrected chi connectivity index (χ0v) is 23.1. The van der Waals surface area contributed by atoms with Crippen LogP contribution in [0.4, 0.5) is 36.8 Å². The van der Waals surface area contributed by atoms with Crippen LogP contribution in [-0.4, -0.2) is 64.1 Å². The van der Waals surface area contributed by atoms with Gasteiger partial charge >= 0.3 is 18.4 Å². The largest absolute Gasteiger partial charge is 0.444 e. The number of hydrogen-bond acceptors (Lipinski definition) is 7. The Hall–Kier alpha value is -3.58. The lowest BCUT2D eigenvalue weighted by Crippen LogP contribution is -2.41. The first-order valence-electron chi connectivity index (χ1n) is 13.6. The molecule has 6 rings (SSSR count). The zero-order valence-electron chi connectivity index (χ0n) is 23.1. The predicted octanol–water partition coefficient (Wildman–Crippen LogP) is 6.46. The number of nitrogens with zero attached hydrogens (tertiary/aromatic N) is 5. The van der Waals surface area contributed by atoms with Gasteiger partial charge in [0.05, 0.1) is 16.5 Å². The van der Waals surface area contributed by atoms with Crippen molar-refractivity contribution in [2.24, 2.45) is 5.41 Å². The highest BCUT2D eigenvalue weighted by atomic mass is 19.4. The number of likely N-dealkylation sites (tertiary alicyclic amines) is 1. The van der Waals surface area contributed by atoms with Crippen LogP contribution in [0.15, 0.2) is 34.9 Å². The number of benzene rings is 1. The van der Waals surface area contributed by atoms with E-state index in [0.717, 1.165) is 6.07 Å². The van der Waals surface area contributed by atoms with Gasteiger partial charge in [-0.3, -0.25) is 4.98 Å². The molecule has 226 valence electrons. The van der Waals surface area contributed by atoms with Gasteiger partial charge in [0.25, 0.3) is 0 Å². The molecule has 3 fully saturated rings. The van der Waals surface area contributed by atoms with Crippen LogP contribution in [0.2, 0.25) is 0 Å². The Labute approximate surface area is 237 Å². The van der Waals surface area contributed by atoms with E-state index >= 15 is 0 Å². The van der Waals surface area contributed by atoms with E-state index < -0.39 is 47.0 Å². The number of piperidine rings is 2. The summed E-state index contributed by atoms with van der Waals surface area (Å²) in [5, 5.41) is 8.30. The Balaban J connectivity index is 1.26. The molecule has 2 saturated heterocycles. The van der Waals surface area contributed by atoms with Crippen LogP contribution in [-0.2, 0) is 16.3 Å². The highest BCUT2D eigenvalue weighted by Crippen LogP contribution is 2.75. The summed E-state index contributed by atoms with van der Waals surface area (Å²) in [6, 6.07) is 4.94. The Morgan fingerprint density at radius 1 is 1.02 bits per heavy atom. The van der Waals surface area contributed by atoms with Crippen molar-refractivity contribution < 1.29 is 40.3 Å². The number of halogens is 6. The maximum Gasteiger partial charge on any atom is 0.418 e. The van der Waals surface area contributed by atoms with E-state index in [1.165, 1.54) is 29.3 Å². The molecule has 1 aliphatic carbocycles. The fourth-order valence-corrected chi connectivity index (χ4v) is 6.46. The molecule has 0 spiro atoms. The maximum atomic E-state index is 14.6. The number of ether oxygens (including phenoxy) is 1. The molecule has 0 N–H and O–H groups in total. The number of fused-ring (bicyclic) bond motifs is 2. The quantitative estimate of drug-likeness (QED) is 0.321. The zero-order chi connectivity index (χ0) is 30.3. The van der Waals surface area contributed by atoms with E-state index in [9.17, 15) is 31.1 Å². The Bertz CT molecular complexity index is 1520. The number of carbonyl (C=O) groups is 1. The van der Waals surface area contributed by atoms with Crippen LogP contribution < -0.4 is 4.90 Å². The highest BCUT2D eigenvalue weighted by Gasteiger charge is 2.86. The standard InChI is InChI=1S/C28H29F6N5O3/c1-24(2,3)42-23(40)38-11-8-16(9-12-38)21-36-37-22(41-21)25-13-26(25,28(32,33)34)15-39(14-25)19-7-6-18(27(29,30)31)20-17(19)5-4-10-35-20/h4-7,10,16H,8-9,11-15H2,1-3H3/t25-,26-/m0/s1. The molecule has 1 amide bonds. The molecule has 0 bridgehead atoms. The topological polar surface area (TPSA) is 84.6 Å². The van der Waals surface area contributed by atoms with E-state index in [4.69, 9.17) is 9.15 Å². The predicted molar refractivity (Wildman–Crippen MR) is 138 cm³/mol. The van der Waals surface area contributed by atoms with Crippen LogP contribution >= 0.6 is 0 Å². The molecule has 8 nitrogen and oxygen atoms in total. The normalized spacial score (nSPS) is 25.2. The number of rotatable bonds is 3. The molecular formula is C28H29F6N5O3. The molecule has 42 heavy (non-hydrogen) atoms. The average Bonchev–Trinajstić information content (AvgIpc) is 3.21. The molecule has 4 heterocycles. The molecule has 0 unspecified atom stereocenters. The molecular weight excluding hydrogens is 568 g/mol. The van der Waals surface area contributed by atoms with E-state index in [1.54, 1.807) is 25.7 Å². The monoisotopic (exact) mass is 597 g/mol. The molecule has 1 aromatic carbocycles. The van der Waals surface area contributed by atoms with Crippen molar-refractivity contribution in [1.29, 1.82) is 0 Å². The molecule has 14 heteroatoms. The van der Waals surface area contributed by atoms with Crippen LogP contribution in [0.5, 0.6) is 0 Å². The molecule has 1 saturated carbocycles. The van der Waals surface area contributed by atoms with Crippen molar-refractivity contribution in [2.45, 2.75) is 69.3 Å². The summed E-state index contributed by atoms with van der Waals surface area (Å²) in [6.07, 6.45) is -7.79.